The molecular formula is C53H48F3N8O5RuS2-. The molecular weight excluding hydrogens is 1050 g/mol. The van der Waals surface area contributed by atoms with Crippen LogP contribution in [0.5, 0.6) is 0 Å². The van der Waals surface area contributed by atoms with E-state index in [4.69, 9.17) is 21.3 Å². The Hall–Kier alpha value is -7.01. The molecule has 19 heteroatoms. The van der Waals surface area contributed by atoms with E-state index < -0.39 is 30.2 Å². The van der Waals surface area contributed by atoms with Gasteiger partial charge in [0.05, 0.1) is 28.2 Å². The van der Waals surface area contributed by atoms with E-state index in [1.807, 2.05) is 84.9 Å². The quantitative estimate of drug-likeness (QED) is 0.0357. The molecule has 372 valence electrons. The summed E-state index contributed by atoms with van der Waals surface area (Å²) in [6, 6.07) is 28.2. The number of carboxylic acids is 2. The van der Waals surface area contributed by atoms with Gasteiger partial charge in [0.15, 0.2) is 0 Å². The van der Waals surface area contributed by atoms with Gasteiger partial charge in [-0.15, -0.1) is 17.5 Å². The summed E-state index contributed by atoms with van der Waals surface area (Å²) in [4.78, 5) is 39.6. The predicted octanol–water partition coefficient (Wildman–Crippen LogP) is 14.5. The zero-order valence-corrected chi connectivity index (χ0v) is 42.0. The van der Waals surface area contributed by atoms with E-state index >= 15 is 0 Å². The van der Waals surface area contributed by atoms with Crippen molar-refractivity contribution in [2.45, 2.75) is 63.7 Å². The van der Waals surface area contributed by atoms with Crippen LogP contribution in [0.15, 0.2) is 156 Å². The SMILES string of the molecule is CCCCCCC1=C(c2ccnc(/C([NH-])=C/C(N)C(F)(F)F)c2)SCC1.O=C(O)c1ccnc(-c2cc(C(=O)O)cc(C3C=C(c4cc(N(c5ccccc5)c5ccccc5)co4)C=C[N-]3)n2)c1.[N-]=C=S.[Ru+2]. The first-order chi connectivity index (χ1) is 34.2. The van der Waals surface area contributed by atoms with Crippen molar-refractivity contribution in [2.24, 2.45) is 5.73 Å². The average Bonchev–Trinajstić information content (AvgIpc) is 4.07. The van der Waals surface area contributed by atoms with Gasteiger partial charge in [0.2, 0.25) is 0 Å². The smallest absolute Gasteiger partial charge is 0.753 e. The third kappa shape index (κ3) is 15.3. The Morgan fingerprint density at radius 2 is 1.60 bits per heavy atom. The fourth-order valence-corrected chi connectivity index (χ4v) is 8.78. The molecule has 0 saturated heterocycles. The summed E-state index contributed by atoms with van der Waals surface area (Å²) in [5.41, 5.74) is 19.6. The summed E-state index contributed by atoms with van der Waals surface area (Å²) in [5, 5.41) is 32.1. The summed E-state index contributed by atoms with van der Waals surface area (Å²) in [6.07, 6.45) is 12.9. The van der Waals surface area contributed by atoms with Gasteiger partial charge in [0, 0.05) is 57.5 Å². The second-order valence-corrected chi connectivity index (χ2v) is 17.2. The standard InChI is InChI=1S/C33H23N4O5.C19H25F3N3S.CNS.Ru/c38-32(39)22-12-14-35-28(16-22)30-18-23(33(40)41)17-29(36-30)27-15-21(11-13-34-27)31-19-26(20-42-31)37(24-7-3-1-4-8-24)25-9-5-2-6-10-25;1-2-3-4-5-6-13-8-10-26-18(13)14-7-9-25-16(11-14)15(23)12-17(24)19(20,21)22;2-1-3;/h1-20,27H,(H,38,39)(H,40,41);7,9,11-12,17,23H,2-6,8,10,24H2,1H3;;/q3*-1;+2/b;15-12-;;. The number of nitrogens with two attached hydrogens (primary N) is 1. The van der Waals surface area contributed by atoms with Crippen molar-refractivity contribution in [1.82, 2.24) is 15.0 Å². The topological polar surface area (TPSA) is 216 Å². The van der Waals surface area contributed by atoms with Crippen LogP contribution in [0.4, 0.5) is 30.2 Å². The molecule has 0 radical (unpaired) electrons. The second kappa shape index (κ2) is 27.0. The maximum Gasteiger partial charge on any atom is 2.00 e. The van der Waals surface area contributed by atoms with Crippen LogP contribution in [-0.4, -0.2) is 60.2 Å². The van der Waals surface area contributed by atoms with Crippen LogP contribution in [0.3, 0.4) is 0 Å². The van der Waals surface area contributed by atoms with Gasteiger partial charge < -0.3 is 41.7 Å². The van der Waals surface area contributed by atoms with Gasteiger partial charge in [-0.25, -0.2) is 9.59 Å². The number of hydrogen-bond acceptors (Lipinski definition) is 10. The van der Waals surface area contributed by atoms with E-state index in [1.165, 1.54) is 65.4 Å². The number of para-hydroxylation sites is 2. The van der Waals surface area contributed by atoms with Crippen molar-refractivity contribution in [3.63, 3.8) is 0 Å². The number of unbranched alkanes of at least 4 members (excludes halogenated alkanes) is 3. The number of carbonyl (C=O) groups is 2. The number of halogens is 3. The number of carboxylic acid groups (broad SMARTS) is 2. The van der Waals surface area contributed by atoms with Crippen LogP contribution in [-0.2, 0) is 19.5 Å². The maximum absolute atomic E-state index is 12.6. The minimum Gasteiger partial charge on any atom is -0.753 e. The molecule has 2 aliphatic rings. The van der Waals surface area contributed by atoms with Crippen molar-refractivity contribution < 1.29 is 56.9 Å². The molecule has 6 heterocycles. The van der Waals surface area contributed by atoms with Crippen molar-refractivity contribution in [2.75, 3.05) is 10.7 Å². The normalized spacial score (nSPS) is 14.5. The number of furan rings is 1. The van der Waals surface area contributed by atoms with Gasteiger partial charge in [-0.05, 0) is 85.5 Å². The number of aromatic nitrogens is 3. The summed E-state index contributed by atoms with van der Waals surface area (Å²) < 4.78 is 43.8. The fraction of sp³-hybridized carbons (Fsp3) is 0.208. The Balaban J connectivity index is 0.000000276. The summed E-state index contributed by atoms with van der Waals surface area (Å²) in [7, 11) is 0. The number of thioether (sulfide) groups is 1. The third-order valence-electron chi connectivity index (χ3n) is 11.0. The first-order valence-electron chi connectivity index (χ1n) is 22.3. The van der Waals surface area contributed by atoms with Gasteiger partial charge in [0.25, 0.3) is 0 Å². The molecule has 0 spiro atoms. The van der Waals surface area contributed by atoms with Crippen molar-refractivity contribution in [1.29, 1.82) is 0 Å². The summed E-state index contributed by atoms with van der Waals surface area (Å²) in [5.74, 6) is -0.645. The van der Waals surface area contributed by atoms with E-state index in [2.05, 4.69) is 44.3 Å². The van der Waals surface area contributed by atoms with Crippen LogP contribution in [0.1, 0.15) is 94.9 Å². The van der Waals surface area contributed by atoms with Gasteiger partial charge in [-0.1, -0.05) is 105 Å². The molecule has 0 bridgehead atoms. The molecule has 0 aliphatic carbocycles. The van der Waals surface area contributed by atoms with Crippen molar-refractivity contribution in [3.05, 3.63) is 202 Å². The molecule has 4 aromatic heterocycles. The number of nitrogens with one attached hydrogen (secondary N) is 1. The largest absolute Gasteiger partial charge is 2.00 e. The Labute approximate surface area is 437 Å². The molecule has 2 unspecified atom stereocenters. The Bertz CT molecular complexity index is 2920. The monoisotopic (exact) mass is 1100 g/mol. The van der Waals surface area contributed by atoms with Gasteiger partial charge in [-0.3, -0.25) is 15.0 Å². The van der Waals surface area contributed by atoms with Crippen molar-refractivity contribution in [3.8, 4) is 11.4 Å². The van der Waals surface area contributed by atoms with Gasteiger partial charge >= 0.3 is 37.6 Å². The van der Waals surface area contributed by atoms with Gasteiger partial charge in [0.1, 0.15) is 18.1 Å². The fourth-order valence-electron chi connectivity index (χ4n) is 7.53. The van der Waals surface area contributed by atoms with Crippen LogP contribution in [0.25, 0.3) is 44.0 Å². The van der Waals surface area contributed by atoms with E-state index in [1.54, 1.807) is 36.5 Å². The van der Waals surface area contributed by atoms with Crippen molar-refractivity contribution >= 4 is 74.3 Å². The number of anilines is 3. The number of benzene rings is 2. The number of thiocarbonyl (C=S) groups is 1. The number of allylic oxidation sites excluding steroid dienone is 3. The third-order valence-corrected chi connectivity index (χ3v) is 12.2. The van der Waals surface area contributed by atoms with E-state index in [0.717, 1.165) is 53.2 Å². The van der Waals surface area contributed by atoms with E-state index in [9.17, 15) is 33.0 Å². The second-order valence-electron chi connectivity index (χ2n) is 15.9. The number of hydrogen-bond donors (Lipinski definition) is 3. The Morgan fingerprint density at radius 3 is 2.24 bits per heavy atom. The van der Waals surface area contributed by atoms with Crippen LogP contribution < -0.4 is 10.6 Å². The molecule has 0 amide bonds. The Morgan fingerprint density at radius 1 is 0.944 bits per heavy atom. The van der Waals surface area contributed by atoms with Crippen LogP contribution >= 0.6 is 24.0 Å². The molecule has 5 N–H and O–H groups in total. The molecule has 0 fully saturated rings. The maximum atomic E-state index is 12.6. The van der Waals surface area contributed by atoms with E-state index in [0.29, 0.717) is 17.5 Å². The predicted molar refractivity (Wildman–Crippen MR) is 277 cm³/mol. The number of aromatic carboxylic acids is 2. The molecule has 0 saturated carbocycles. The number of isothiocyanates is 1. The molecule has 72 heavy (non-hydrogen) atoms. The molecule has 13 nitrogen and oxygen atoms in total. The Kier molecular flexibility index (Phi) is 21.0. The zero-order valence-electron chi connectivity index (χ0n) is 38.6. The number of rotatable bonds is 16. The molecule has 2 atom stereocenters. The first-order valence-corrected chi connectivity index (χ1v) is 23.7. The molecule has 6 aromatic rings. The van der Waals surface area contributed by atoms with Crippen LogP contribution in [0, 0.1) is 0 Å². The summed E-state index contributed by atoms with van der Waals surface area (Å²) >= 11 is 5.47. The molecule has 8 rings (SSSR count). The minimum atomic E-state index is -4.56. The number of pyridine rings is 3. The molecule has 2 aromatic carbocycles. The molecule has 2 aliphatic heterocycles. The minimum absolute atomic E-state index is 0. The van der Waals surface area contributed by atoms with Crippen LogP contribution in [0.2, 0.25) is 0 Å². The van der Waals surface area contributed by atoms with E-state index in [-0.39, 0.29) is 53.4 Å². The van der Waals surface area contributed by atoms with Gasteiger partial charge in [-0.2, -0.15) is 24.5 Å². The average molecular weight is 1100 g/mol. The zero-order chi connectivity index (χ0) is 50.9. The number of nitrogens with zero attached hydrogens (tertiary/aromatic N) is 6. The first kappa shape index (κ1) is 55.9. The summed E-state index contributed by atoms with van der Waals surface area (Å²) in [6.45, 7) is 2.19. The number of alkyl halides is 3.